The van der Waals surface area contributed by atoms with E-state index in [-0.39, 0.29) is 12.2 Å². The van der Waals surface area contributed by atoms with E-state index in [1.165, 1.54) is 23.5 Å². The number of benzene rings is 1. The van der Waals surface area contributed by atoms with Crippen LogP contribution in [0.2, 0.25) is 0 Å². The van der Waals surface area contributed by atoms with Crippen molar-refractivity contribution < 1.29 is 9.59 Å². The number of aromatic nitrogens is 3. The van der Waals surface area contributed by atoms with Crippen LogP contribution in [0.3, 0.4) is 0 Å². The topological polar surface area (TPSA) is 106 Å². The van der Waals surface area contributed by atoms with E-state index < -0.39 is 17.4 Å². The second kappa shape index (κ2) is 8.13. The fourth-order valence-corrected chi connectivity index (χ4v) is 3.11. The van der Waals surface area contributed by atoms with Gasteiger partial charge in [0.15, 0.2) is 5.13 Å². The lowest BCUT2D eigenvalue weighted by Gasteiger charge is -2.09. The van der Waals surface area contributed by atoms with Crippen LogP contribution < -0.4 is 16.2 Å². The number of aryl methyl sites for hydroxylation is 3. The molecule has 9 heteroatoms. The highest BCUT2D eigenvalue weighted by Gasteiger charge is 2.13. The second-order valence-electron chi connectivity index (χ2n) is 6.31. The maximum absolute atomic E-state index is 12.5. The number of hydrogen-bond acceptors (Lipinski definition) is 6. The predicted molar refractivity (Wildman–Crippen MR) is 108 cm³/mol. The van der Waals surface area contributed by atoms with Gasteiger partial charge in [0.2, 0.25) is 5.91 Å². The third-order valence-electron chi connectivity index (χ3n) is 4.02. The van der Waals surface area contributed by atoms with Crippen LogP contribution in [0.5, 0.6) is 0 Å². The molecule has 0 fully saturated rings. The highest BCUT2D eigenvalue weighted by molar-refractivity contribution is 7.13. The zero-order chi connectivity index (χ0) is 20.3. The molecule has 1 aromatic carbocycles. The third kappa shape index (κ3) is 4.68. The van der Waals surface area contributed by atoms with Crippen molar-refractivity contribution in [2.75, 3.05) is 10.6 Å². The second-order valence-corrected chi connectivity index (χ2v) is 7.17. The van der Waals surface area contributed by atoms with E-state index in [1.807, 2.05) is 32.9 Å². The number of thiazole rings is 1. The van der Waals surface area contributed by atoms with Crippen molar-refractivity contribution in [2.24, 2.45) is 0 Å². The molecule has 2 aromatic heterocycles. The number of carbonyl (C=O) groups excluding carboxylic acids is 2. The molecular formula is C19H19N5O3S. The van der Waals surface area contributed by atoms with E-state index >= 15 is 0 Å². The summed E-state index contributed by atoms with van der Waals surface area (Å²) in [4.78, 5) is 40.7. The van der Waals surface area contributed by atoms with Crippen molar-refractivity contribution in [2.45, 2.75) is 27.3 Å². The van der Waals surface area contributed by atoms with Crippen molar-refractivity contribution in [1.82, 2.24) is 14.8 Å². The molecule has 2 heterocycles. The van der Waals surface area contributed by atoms with Crippen molar-refractivity contribution in [3.8, 4) is 0 Å². The van der Waals surface area contributed by atoms with E-state index in [2.05, 4.69) is 20.7 Å². The van der Waals surface area contributed by atoms with Gasteiger partial charge in [-0.25, -0.2) is 9.67 Å². The number of nitrogens with zero attached hydrogens (tertiary/aromatic N) is 3. The molecule has 144 valence electrons. The summed E-state index contributed by atoms with van der Waals surface area (Å²) in [6.07, 6.45) is 0. The highest BCUT2D eigenvalue weighted by Crippen LogP contribution is 2.15. The molecule has 2 N–H and O–H groups in total. The molecule has 0 aliphatic rings. The fourth-order valence-electron chi connectivity index (χ4n) is 2.40. The van der Waals surface area contributed by atoms with Crippen LogP contribution in [0.1, 0.15) is 27.3 Å². The van der Waals surface area contributed by atoms with Gasteiger partial charge >= 0.3 is 0 Å². The number of hydrogen-bond donors (Lipinski definition) is 2. The Balaban J connectivity index is 1.72. The van der Waals surface area contributed by atoms with Gasteiger partial charge in [-0.05, 0) is 50.1 Å². The monoisotopic (exact) mass is 397 g/mol. The van der Waals surface area contributed by atoms with Crippen LogP contribution in [-0.4, -0.2) is 26.6 Å². The van der Waals surface area contributed by atoms with Gasteiger partial charge in [-0.1, -0.05) is 6.07 Å². The fraction of sp³-hybridized carbons (Fsp3) is 0.211. The normalized spacial score (nSPS) is 10.5. The third-order valence-corrected chi connectivity index (χ3v) is 4.90. The smallest absolute Gasteiger partial charge is 0.276 e. The number of nitrogens with one attached hydrogen (secondary N) is 2. The molecule has 0 saturated carbocycles. The molecule has 28 heavy (non-hydrogen) atoms. The summed E-state index contributed by atoms with van der Waals surface area (Å²) in [5.74, 6) is -0.913. The van der Waals surface area contributed by atoms with Crippen molar-refractivity contribution in [3.05, 3.63) is 68.6 Å². The Labute approximate surface area is 165 Å². The van der Waals surface area contributed by atoms with E-state index in [4.69, 9.17) is 0 Å². The first kappa shape index (κ1) is 19.4. The van der Waals surface area contributed by atoms with Gasteiger partial charge in [0, 0.05) is 17.1 Å². The Bertz CT molecular complexity index is 1100. The molecule has 0 spiro atoms. The average Bonchev–Trinajstić information content (AvgIpc) is 3.04. The van der Waals surface area contributed by atoms with Gasteiger partial charge in [-0.2, -0.15) is 5.10 Å². The van der Waals surface area contributed by atoms with Gasteiger partial charge < -0.3 is 10.6 Å². The molecule has 3 aromatic rings. The first-order chi connectivity index (χ1) is 13.3. The number of carbonyl (C=O) groups is 2. The van der Waals surface area contributed by atoms with Crippen molar-refractivity contribution in [3.63, 3.8) is 0 Å². The van der Waals surface area contributed by atoms with E-state index in [0.29, 0.717) is 10.8 Å². The molecule has 0 bridgehead atoms. The lowest BCUT2D eigenvalue weighted by molar-refractivity contribution is -0.117. The van der Waals surface area contributed by atoms with E-state index in [0.717, 1.165) is 21.5 Å². The minimum atomic E-state index is -0.479. The molecular weight excluding hydrogens is 378 g/mol. The molecule has 0 radical (unpaired) electrons. The minimum Gasteiger partial charge on any atom is -0.321 e. The molecule has 0 aliphatic carbocycles. The minimum absolute atomic E-state index is 0.0377. The van der Waals surface area contributed by atoms with Crippen LogP contribution in [-0.2, 0) is 11.3 Å². The summed E-state index contributed by atoms with van der Waals surface area (Å²) in [5, 5.41) is 11.6. The number of anilines is 2. The standard InChI is InChI=1S/C19H19N5O3S/c1-11-4-5-14(8-12(11)2)21-18(27)15-6-7-17(26)24(23-15)9-16(25)22-19-20-13(3)10-28-19/h4-8,10H,9H2,1-3H3,(H,21,27)(H,20,22,25). The van der Waals surface area contributed by atoms with Crippen LogP contribution >= 0.6 is 11.3 Å². The Morgan fingerprint density at radius 2 is 1.86 bits per heavy atom. The van der Waals surface area contributed by atoms with Crippen LogP contribution in [0.4, 0.5) is 10.8 Å². The van der Waals surface area contributed by atoms with Crippen LogP contribution in [0.25, 0.3) is 0 Å². The predicted octanol–water partition coefficient (Wildman–Crippen LogP) is 2.52. The molecule has 0 aliphatic heterocycles. The summed E-state index contributed by atoms with van der Waals surface area (Å²) in [5.41, 5.74) is 3.14. The maximum atomic E-state index is 12.5. The first-order valence-corrected chi connectivity index (χ1v) is 9.38. The lowest BCUT2D eigenvalue weighted by atomic mass is 10.1. The van der Waals surface area contributed by atoms with Gasteiger partial charge in [0.25, 0.3) is 11.5 Å². The molecule has 0 unspecified atom stereocenters. The van der Waals surface area contributed by atoms with Gasteiger partial charge in [0.1, 0.15) is 12.2 Å². The number of amides is 2. The first-order valence-electron chi connectivity index (χ1n) is 8.50. The molecule has 0 saturated heterocycles. The quantitative estimate of drug-likeness (QED) is 0.688. The average molecular weight is 397 g/mol. The van der Waals surface area contributed by atoms with Crippen LogP contribution in [0, 0.1) is 20.8 Å². The lowest BCUT2D eigenvalue weighted by Crippen LogP contribution is -2.31. The number of rotatable bonds is 5. The summed E-state index contributed by atoms with van der Waals surface area (Å²) < 4.78 is 0.950. The van der Waals surface area contributed by atoms with Crippen molar-refractivity contribution >= 4 is 34.0 Å². The molecule has 3 rings (SSSR count). The summed E-state index contributed by atoms with van der Waals surface area (Å²) in [7, 11) is 0. The Hall–Kier alpha value is -3.33. The van der Waals surface area contributed by atoms with Gasteiger partial charge in [-0.3, -0.25) is 14.4 Å². The largest absolute Gasteiger partial charge is 0.321 e. The van der Waals surface area contributed by atoms with E-state index in [1.54, 1.807) is 11.4 Å². The summed E-state index contributed by atoms with van der Waals surface area (Å²) >= 11 is 1.29. The van der Waals surface area contributed by atoms with Gasteiger partial charge in [0.05, 0.1) is 5.69 Å². The van der Waals surface area contributed by atoms with Gasteiger partial charge in [-0.15, -0.1) is 11.3 Å². The summed E-state index contributed by atoms with van der Waals surface area (Å²) in [6, 6.07) is 8.09. The van der Waals surface area contributed by atoms with E-state index in [9.17, 15) is 14.4 Å². The summed E-state index contributed by atoms with van der Waals surface area (Å²) in [6.45, 7) is 5.43. The zero-order valence-corrected chi connectivity index (χ0v) is 16.5. The Morgan fingerprint density at radius 1 is 1.07 bits per heavy atom. The van der Waals surface area contributed by atoms with Crippen molar-refractivity contribution in [1.29, 1.82) is 0 Å². The Morgan fingerprint density at radius 3 is 2.54 bits per heavy atom. The molecule has 0 atom stereocenters. The zero-order valence-electron chi connectivity index (χ0n) is 15.6. The molecule has 2 amide bonds. The molecule has 8 nitrogen and oxygen atoms in total. The SMILES string of the molecule is Cc1csc(NC(=O)Cn2nc(C(=O)Nc3ccc(C)c(C)c3)ccc2=O)n1. The Kier molecular flexibility index (Phi) is 5.65. The maximum Gasteiger partial charge on any atom is 0.276 e. The highest BCUT2D eigenvalue weighted by atomic mass is 32.1. The van der Waals surface area contributed by atoms with Crippen LogP contribution in [0.15, 0.2) is 40.5 Å².